The Balaban J connectivity index is 1.34. The molecular weight excluding hydrogens is 382 g/mol. The lowest BCUT2D eigenvalue weighted by atomic mass is 10.2. The van der Waals surface area contributed by atoms with E-state index in [1.54, 1.807) is 0 Å². The number of H-pyrrole nitrogens is 1. The first-order valence-corrected chi connectivity index (χ1v) is 10.5. The number of hydrogen-bond donors (Lipinski definition) is 2. The predicted molar refractivity (Wildman–Crippen MR) is 116 cm³/mol. The Morgan fingerprint density at radius 3 is 2.66 bits per heavy atom. The Morgan fingerprint density at radius 1 is 1.10 bits per heavy atom. The van der Waals surface area contributed by atoms with Crippen molar-refractivity contribution < 1.29 is 4.79 Å². The molecule has 0 saturated carbocycles. The Bertz CT molecular complexity index is 1100. The van der Waals surface area contributed by atoms with Crippen molar-refractivity contribution in [3.05, 3.63) is 77.1 Å². The van der Waals surface area contributed by atoms with Crippen LogP contribution in [0.15, 0.2) is 59.8 Å². The number of nitrogens with one attached hydrogen (secondary N) is 2. The van der Waals surface area contributed by atoms with Crippen molar-refractivity contribution in [1.29, 1.82) is 0 Å². The lowest BCUT2D eigenvalue weighted by Gasteiger charge is -2.07. The van der Waals surface area contributed by atoms with Crippen molar-refractivity contribution in [3.8, 4) is 0 Å². The van der Waals surface area contributed by atoms with Gasteiger partial charge in [-0.05, 0) is 31.5 Å². The predicted octanol–water partition coefficient (Wildman–Crippen LogP) is 3.83. The minimum Gasteiger partial charge on any atom is -0.351 e. The van der Waals surface area contributed by atoms with Crippen LogP contribution >= 0.6 is 11.8 Å². The first-order valence-electron chi connectivity index (χ1n) is 9.51. The third-order valence-electron chi connectivity index (χ3n) is 4.88. The molecule has 4 aromatic rings. The zero-order chi connectivity index (χ0) is 20.2. The second kappa shape index (κ2) is 8.53. The molecule has 7 heteroatoms. The molecule has 0 aliphatic rings. The van der Waals surface area contributed by atoms with Crippen molar-refractivity contribution in [1.82, 2.24) is 25.1 Å². The van der Waals surface area contributed by atoms with E-state index in [2.05, 4.69) is 32.5 Å². The van der Waals surface area contributed by atoms with Crippen LogP contribution < -0.4 is 5.32 Å². The van der Waals surface area contributed by atoms with E-state index in [1.165, 1.54) is 17.3 Å². The molecular formula is C22H23N5OS. The molecule has 6 nitrogen and oxygen atoms in total. The molecule has 2 aromatic heterocycles. The van der Waals surface area contributed by atoms with Crippen LogP contribution in [0.4, 0.5) is 0 Å². The number of benzene rings is 2. The lowest BCUT2D eigenvalue weighted by Crippen LogP contribution is -2.25. The number of aromatic amines is 1. The van der Waals surface area contributed by atoms with Gasteiger partial charge in [-0.25, -0.2) is 4.98 Å². The molecule has 2 aromatic carbocycles. The van der Waals surface area contributed by atoms with Gasteiger partial charge < -0.3 is 10.3 Å². The third kappa shape index (κ3) is 4.51. The van der Waals surface area contributed by atoms with E-state index >= 15 is 0 Å². The summed E-state index contributed by atoms with van der Waals surface area (Å²) in [4.78, 5) is 20.0. The van der Waals surface area contributed by atoms with Crippen LogP contribution in [-0.4, -0.2) is 31.4 Å². The van der Waals surface area contributed by atoms with Crippen molar-refractivity contribution in [2.24, 2.45) is 0 Å². The number of fused-ring (bicyclic) bond motifs is 1. The van der Waals surface area contributed by atoms with E-state index in [4.69, 9.17) is 0 Å². The van der Waals surface area contributed by atoms with Gasteiger partial charge in [0.2, 0.25) is 5.91 Å². The molecule has 2 N–H and O–H groups in total. The van der Waals surface area contributed by atoms with Gasteiger partial charge in [0, 0.05) is 17.8 Å². The van der Waals surface area contributed by atoms with Gasteiger partial charge in [-0.3, -0.25) is 9.48 Å². The summed E-state index contributed by atoms with van der Waals surface area (Å²) in [6.07, 6.45) is 0. The molecule has 2 heterocycles. The van der Waals surface area contributed by atoms with Crippen molar-refractivity contribution >= 4 is 28.7 Å². The van der Waals surface area contributed by atoms with E-state index in [-0.39, 0.29) is 5.91 Å². The van der Waals surface area contributed by atoms with Gasteiger partial charge in [0.1, 0.15) is 0 Å². The number of hydrogen-bond acceptors (Lipinski definition) is 4. The standard InChI is InChI=1S/C22H23N5OS/c1-15-18(16(2)27(26-15)13-17-8-4-3-5-9-17)12-23-21(28)14-29-22-24-19-10-6-7-11-20(19)25-22/h3-11H,12-14H2,1-2H3,(H,23,28)(H,24,25). The van der Waals surface area contributed by atoms with Gasteiger partial charge in [-0.2, -0.15) is 5.10 Å². The average molecular weight is 406 g/mol. The number of carbonyl (C=O) groups is 1. The second-order valence-corrected chi connectivity index (χ2v) is 7.88. The van der Waals surface area contributed by atoms with Crippen LogP contribution in [0.25, 0.3) is 11.0 Å². The smallest absolute Gasteiger partial charge is 0.230 e. The number of aromatic nitrogens is 4. The molecule has 0 fully saturated rings. The molecule has 0 atom stereocenters. The Labute approximate surface area is 173 Å². The molecule has 4 rings (SSSR count). The van der Waals surface area contributed by atoms with Crippen LogP contribution in [0.2, 0.25) is 0 Å². The normalized spacial score (nSPS) is 11.1. The fraction of sp³-hybridized carbons (Fsp3) is 0.227. The number of carbonyl (C=O) groups excluding carboxylic acids is 1. The Hall–Kier alpha value is -3.06. The van der Waals surface area contributed by atoms with Gasteiger partial charge in [0.15, 0.2) is 5.16 Å². The summed E-state index contributed by atoms with van der Waals surface area (Å²) in [6, 6.07) is 18.1. The van der Waals surface area contributed by atoms with Gasteiger partial charge >= 0.3 is 0 Å². The van der Waals surface area contributed by atoms with Crippen molar-refractivity contribution in [2.45, 2.75) is 32.1 Å². The molecule has 29 heavy (non-hydrogen) atoms. The van der Waals surface area contributed by atoms with E-state index in [1.807, 2.05) is 61.0 Å². The Morgan fingerprint density at radius 2 is 1.86 bits per heavy atom. The molecule has 0 bridgehead atoms. The van der Waals surface area contributed by atoms with Crippen LogP contribution in [0.3, 0.4) is 0 Å². The van der Waals surface area contributed by atoms with Gasteiger partial charge in [0.25, 0.3) is 0 Å². The number of nitrogens with zero attached hydrogens (tertiary/aromatic N) is 3. The number of para-hydroxylation sites is 2. The quantitative estimate of drug-likeness (QED) is 0.458. The fourth-order valence-electron chi connectivity index (χ4n) is 3.27. The lowest BCUT2D eigenvalue weighted by molar-refractivity contribution is -0.118. The monoisotopic (exact) mass is 405 g/mol. The highest BCUT2D eigenvalue weighted by Crippen LogP contribution is 2.19. The van der Waals surface area contributed by atoms with Crippen LogP contribution in [-0.2, 0) is 17.9 Å². The van der Waals surface area contributed by atoms with Crippen LogP contribution in [0.5, 0.6) is 0 Å². The first-order chi connectivity index (χ1) is 14.1. The number of imidazole rings is 1. The molecule has 0 aliphatic heterocycles. The SMILES string of the molecule is Cc1nn(Cc2ccccc2)c(C)c1CNC(=O)CSc1nc2ccccc2[nH]1. The van der Waals surface area contributed by atoms with E-state index in [0.717, 1.165) is 39.7 Å². The highest BCUT2D eigenvalue weighted by molar-refractivity contribution is 7.99. The maximum absolute atomic E-state index is 12.3. The minimum absolute atomic E-state index is 0.0231. The number of amides is 1. The third-order valence-corrected chi connectivity index (χ3v) is 5.75. The summed E-state index contributed by atoms with van der Waals surface area (Å²) in [5.41, 5.74) is 6.19. The number of thioether (sulfide) groups is 1. The molecule has 148 valence electrons. The summed E-state index contributed by atoms with van der Waals surface area (Å²) in [5, 5.41) is 8.41. The summed E-state index contributed by atoms with van der Waals surface area (Å²) in [6.45, 7) is 5.24. The zero-order valence-corrected chi connectivity index (χ0v) is 17.3. The van der Waals surface area contributed by atoms with Gasteiger partial charge in [-0.1, -0.05) is 54.2 Å². The largest absolute Gasteiger partial charge is 0.351 e. The summed E-state index contributed by atoms with van der Waals surface area (Å²) < 4.78 is 2.00. The van der Waals surface area contributed by atoms with Crippen molar-refractivity contribution in [2.75, 3.05) is 5.75 Å². The van der Waals surface area contributed by atoms with Crippen LogP contribution in [0.1, 0.15) is 22.5 Å². The Kier molecular flexibility index (Phi) is 5.67. The first kappa shape index (κ1) is 19.3. The summed E-state index contributed by atoms with van der Waals surface area (Å²) in [7, 11) is 0. The maximum Gasteiger partial charge on any atom is 0.230 e. The minimum atomic E-state index is -0.0231. The fourth-order valence-corrected chi connectivity index (χ4v) is 3.98. The topological polar surface area (TPSA) is 75.6 Å². The van der Waals surface area contributed by atoms with Gasteiger partial charge in [-0.15, -0.1) is 0 Å². The van der Waals surface area contributed by atoms with E-state index in [9.17, 15) is 4.79 Å². The number of rotatable bonds is 7. The van der Waals surface area contributed by atoms with Gasteiger partial charge in [0.05, 0.1) is 29.0 Å². The molecule has 0 saturated heterocycles. The van der Waals surface area contributed by atoms with E-state index in [0.29, 0.717) is 12.3 Å². The highest BCUT2D eigenvalue weighted by atomic mass is 32.2. The molecule has 0 aliphatic carbocycles. The van der Waals surface area contributed by atoms with E-state index < -0.39 is 0 Å². The second-order valence-electron chi connectivity index (χ2n) is 6.92. The summed E-state index contributed by atoms with van der Waals surface area (Å²) in [5.74, 6) is 0.292. The molecule has 0 radical (unpaired) electrons. The van der Waals surface area contributed by atoms with Crippen LogP contribution in [0, 0.1) is 13.8 Å². The molecule has 0 unspecified atom stereocenters. The maximum atomic E-state index is 12.3. The molecule has 0 spiro atoms. The highest BCUT2D eigenvalue weighted by Gasteiger charge is 2.13. The molecule has 1 amide bonds. The number of aryl methyl sites for hydroxylation is 1. The summed E-state index contributed by atoms with van der Waals surface area (Å²) >= 11 is 1.41. The zero-order valence-electron chi connectivity index (χ0n) is 16.5. The average Bonchev–Trinajstić information content (AvgIpc) is 3.26. The van der Waals surface area contributed by atoms with Crippen molar-refractivity contribution in [3.63, 3.8) is 0 Å².